The SMILES string of the molecule is O=C(Nc1ccc(S(=O)(=O)c2ccccc2C(F)(F)F)cc1)Oc1ccccc1. The van der Waals surface area contributed by atoms with Crippen LogP contribution in [-0.2, 0) is 16.0 Å². The Morgan fingerprint density at radius 1 is 0.828 bits per heavy atom. The summed E-state index contributed by atoms with van der Waals surface area (Å²) in [7, 11) is -4.41. The number of carbonyl (C=O) groups excluding carboxylic acids is 1. The smallest absolute Gasteiger partial charge is 0.410 e. The highest BCUT2D eigenvalue weighted by Gasteiger charge is 2.37. The molecule has 1 N–H and O–H groups in total. The molecule has 0 aliphatic carbocycles. The normalized spacial score (nSPS) is 11.7. The third-order valence-electron chi connectivity index (χ3n) is 3.85. The Morgan fingerprint density at radius 3 is 2.03 bits per heavy atom. The van der Waals surface area contributed by atoms with Crippen LogP contribution in [0.25, 0.3) is 0 Å². The molecule has 0 radical (unpaired) electrons. The number of carbonyl (C=O) groups is 1. The lowest BCUT2D eigenvalue weighted by Crippen LogP contribution is -2.17. The van der Waals surface area contributed by atoms with Crippen LogP contribution in [0.3, 0.4) is 0 Å². The summed E-state index contributed by atoms with van der Waals surface area (Å²) < 4.78 is 69.8. The highest BCUT2D eigenvalue weighted by molar-refractivity contribution is 7.91. The average Bonchev–Trinajstić information content (AvgIpc) is 2.68. The Kier molecular flexibility index (Phi) is 5.60. The van der Waals surface area contributed by atoms with Crippen molar-refractivity contribution in [1.29, 1.82) is 0 Å². The molecule has 0 aliphatic rings. The monoisotopic (exact) mass is 421 g/mol. The van der Waals surface area contributed by atoms with E-state index in [4.69, 9.17) is 4.74 Å². The lowest BCUT2D eigenvalue weighted by atomic mass is 10.2. The third kappa shape index (κ3) is 4.75. The molecule has 9 heteroatoms. The van der Waals surface area contributed by atoms with E-state index in [1.807, 2.05) is 0 Å². The van der Waals surface area contributed by atoms with Crippen molar-refractivity contribution in [3.05, 3.63) is 84.4 Å². The molecule has 150 valence electrons. The number of hydrogen-bond donors (Lipinski definition) is 1. The van der Waals surface area contributed by atoms with Gasteiger partial charge in [0, 0.05) is 5.69 Å². The first kappa shape index (κ1) is 20.4. The van der Waals surface area contributed by atoms with Gasteiger partial charge in [-0.1, -0.05) is 30.3 Å². The van der Waals surface area contributed by atoms with Crippen molar-refractivity contribution in [1.82, 2.24) is 0 Å². The molecular formula is C20H14F3NO4S. The number of benzene rings is 3. The number of sulfone groups is 1. The number of rotatable bonds is 4. The van der Waals surface area contributed by atoms with Gasteiger partial charge in [-0.2, -0.15) is 13.2 Å². The van der Waals surface area contributed by atoms with Gasteiger partial charge in [-0.25, -0.2) is 13.2 Å². The van der Waals surface area contributed by atoms with E-state index >= 15 is 0 Å². The maximum absolute atomic E-state index is 13.2. The van der Waals surface area contributed by atoms with E-state index in [1.54, 1.807) is 30.3 Å². The van der Waals surface area contributed by atoms with Gasteiger partial charge in [0.2, 0.25) is 9.84 Å². The maximum atomic E-state index is 13.2. The number of nitrogens with one attached hydrogen (secondary N) is 1. The number of amides is 1. The van der Waals surface area contributed by atoms with Crippen molar-refractivity contribution in [2.75, 3.05) is 5.32 Å². The van der Waals surface area contributed by atoms with Crippen LogP contribution in [0.15, 0.2) is 88.7 Å². The van der Waals surface area contributed by atoms with Crippen molar-refractivity contribution >= 4 is 21.6 Å². The first-order chi connectivity index (χ1) is 13.7. The van der Waals surface area contributed by atoms with Crippen LogP contribution in [0, 0.1) is 0 Å². The highest BCUT2D eigenvalue weighted by Crippen LogP contribution is 2.36. The minimum atomic E-state index is -4.81. The van der Waals surface area contributed by atoms with E-state index < -0.39 is 32.6 Å². The van der Waals surface area contributed by atoms with Gasteiger partial charge >= 0.3 is 12.3 Å². The Labute approximate surface area is 164 Å². The Morgan fingerprint density at radius 2 is 1.41 bits per heavy atom. The fourth-order valence-corrected chi connectivity index (χ4v) is 4.00. The molecule has 0 aliphatic heterocycles. The van der Waals surface area contributed by atoms with E-state index in [0.29, 0.717) is 11.8 Å². The molecule has 3 rings (SSSR count). The van der Waals surface area contributed by atoms with E-state index in [0.717, 1.165) is 24.3 Å². The number of anilines is 1. The molecule has 0 saturated carbocycles. The minimum absolute atomic E-state index is 0.217. The lowest BCUT2D eigenvalue weighted by molar-refractivity contribution is -0.139. The number of alkyl halides is 3. The van der Waals surface area contributed by atoms with Gasteiger partial charge in [0.15, 0.2) is 0 Å². The largest absolute Gasteiger partial charge is 0.417 e. The second-order valence-electron chi connectivity index (χ2n) is 5.85. The molecule has 0 bridgehead atoms. The molecule has 3 aromatic rings. The van der Waals surface area contributed by atoms with E-state index in [-0.39, 0.29) is 10.6 Å². The maximum Gasteiger partial charge on any atom is 0.417 e. The topological polar surface area (TPSA) is 72.5 Å². The molecule has 0 saturated heterocycles. The van der Waals surface area contributed by atoms with Gasteiger partial charge in [-0.3, -0.25) is 5.32 Å². The Bertz CT molecular complexity index is 1110. The standard InChI is InChI=1S/C20H14F3NO4S/c21-20(22,23)17-8-4-5-9-18(17)29(26,27)16-12-10-14(11-13-16)24-19(25)28-15-6-2-1-3-7-15/h1-13H,(H,24,25). The van der Waals surface area contributed by atoms with Crippen LogP contribution < -0.4 is 10.1 Å². The minimum Gasteiger partial charge on any atom is -0.410 e. The van der Waals surface area contributed by atoms with E-state index in [9.17, 15) is 26.4 Å². The molecule has 5 nitrogen and oxygen atoms in total. The van der Waals surface area contributed by atoms with Crippen molar-refractivity contribution < 1.29 is 31.1 Å². The summed E-state index contributed by atoms with van der Waals surface area (Å²) in [5.74, 6) is 0.313. The first-order valence-corrected chi connectivity index (χ1v) is 9.71. The van der Waals surface area contributed by atoms with Crippen LogP contribution in [0.1, 0.15) is 5.56 Å². The second-order valence-corrected chi connectivity index (χ2v) is 7.77. The van der Waals surface area contributed by atoms with Crippen LogP contribution in [0.2, 0.25) is 0 Å². The van der Waals surface area contributed by atoms with E-state index in [1.165, 1.54) is 18.2 Å². The van der Waals surface area contributed by atoms with Crippen molar-refractivity contribution in [3.8, 4) is 5.75 Å². The zero-order chi connectivity index (χ0) is 21.1. The van der Waals surface area contributed by atoms with Gasteiger partial charge < -0.3 is 4.74 Å². The van der Waals surface area contributed by atoms with Gasteiger partial charge in [-0.15, -0.1) is 0 Å². The molecule has 0 spiro atoms. The fraction of sp³-hybridized carbons (Fsp3) is 0.0500. The predicted octanol–water partition coefficient (Wildman–Crippen LogP) is 5.15. The first-order valence-electron chi connectivity index (χ1n) is 8.23. The fourth-order valence-electron chi connectivity index (χ4n) is 2.52. The van der Waals surface area contributed by atoms with E-state index in [2.05, 4.69) is 5.32 Å². The van der Waals surface area contributed by atoms with Crippen LogP contribution in [0.4, 0.5) is 23.7 Å². The summed E-state index contributed by atoms with van der Waals surface area (Å²) in [6, 6.07) is 17.0. The zero-order valence-electron chi connectivity index (χ0n) is 14.7. The molecule has 0 aromatic heterocycles. The lowest BCUT2D eigenvalue weighted by Gasteiger charge is -2.13. The molecule has 3 aromatic carbocycles. The van der Waals surface area contributed by atoms with Crippen molar-refractivity contribution in [2.45, 2.75) is 16.0 Å². The summed E-state index contributed by atoms with van der Waals surface area (Å²) in [6.45, 7) is 0. The molecular weight excluding hydrogens is 407 g/mol. The quantitative estimate of drug-likeness (QED) is 0.633. The average molecular weight is 421 g/mol. The number of halogens is 3. The van der Waals surface area contributed by atoms with Crippen molar-refractivity contribution in [2.24, 2.45) is 0 Å². The van der Waals surface area contributed by atoms with Crippen molar-refractivity contribution in [3.63, 3.8) is 0 Å². The third-order valence-corrected chi connectivity index (χ3v) is 5.67. The van der Waals surface area contributed by atoms with Crippen LogP contribution >= 0.6 is 0 Å². The predicted molar refractivity (Wildman–Crippen MR) is 99.4 cm³/mol. The van der Waals surface area contributed by atoms with Gasteiger partial charge in [0.1, 0.15) is 5.75 Å². The summed E-state index contributed by atoms with van der Waals surface area (Å²) in [5, 5.41) is 2.41. The molecule has 0 unspecified atom stereocenters. The summed E-state index contributed by atoms with van der Waals surface area (Å²) in [5.41, 5.74) is -1.03. The molecule has 0 atom stereocenters. The van der Waals surface area contributed by atoms with Crippen LogP contribution in [0.5, 0.6) is 5.75 Å². The molecule has 0 heterocycles. The summed E-state index contributed by atoms with van der Waals surface area (Å²) in [6.07, 6.45) is -5.61. The zero-order valence-corrected chi connectivity index (χ0v) is 15.5. The van der Waals surface area contributed by atoms with Gasteiger partial charge in [0.25, 0.3) is 0 Å². The summed E-state index contributed by atoms with van der Waals surface area (Å²) in [4.78, 5) is 10.7. The second kappa shape index (κ2) is 7.96. The Balaban J connectivity index is 1.80. The molecule has 29 heavy (non-hydrogen) atoms. The summed E-state index contributed by atoms with van der Waals surface area (Å²) >= 11 is 0. The van der Waals surface area contributed by atoms with Gasteiger partial charge in [0.05, 0.1) is 15.4 Å². The van der Waals surface area contributed by atoms with Gasteiger partial charge in [-0.05, 0) is 48.5 Å². The molecule has 0 fully saturated rings. The number of hydrogen-bond acceptors (Lipinski definition) is 4. The van der Waals surface area contributed by atoms with Crippen LogP contribution in [-0.4, -0.2) is 14.5 Å². The number of ether oxygens (including phenoxy) is 1. The highest BCUT2D eigenvalue weighted by atomic mass is 32.2. The Hall–Kier alpha value is -3.33. The number of para-hydroxylation sites is 1. The molecule has 1 amide bonds.